The highest BCUT2D eigenvalue weighted by molar-refractivity contribution is 4.88. The van der Waals surface area contributed by atoms with Crippen molar-refractivity contribution in [1.29, 1.82) is 0 Å². The predicted octanol–water partition coefficient (Wildman–Crippen LogP) is 6.77. The summed E-state index contributed by atoms with van der Waals surface area (Å²) in [6, 6.07) is 0. The summed E-state index contributed by atoms with van der Waals surface area (Å²) in [6.07, 6.45) is 24.7. The number of hydrogen-bond acceptors (Lipinski definition) is 2. The number of H-pyrrole nitrogens is 1. The number of aromatic amines is 1. The van der Waals surface area contributed by atoms with Crippen LogP contribution in [0.5, 0.6) is 0 Å². The summed E-state index contributed by atoms with van der Waals surface area (Å²) < 4.78 is 5.00. The van der Waals surface area contributed by atoms with Gasteiger partial charge in [-0.15, -0.1) is 0 Å². The van der Waals surface area contributed by atoms with E-state index < -0.39 is 0 Å². The van der Waals surface area contributed by atoms with Gasteiger partial charge in [0.15, 0.2) is 0 Å². The highest BCUT2D eigenvalue weighted by Gasteiger charge is 1.99. The van der Waals surface area contributed by atoms with Gasteiger partial charge in [-0.2, -0.15) is 0 Å². The second-order valence-corrected chi connectivity index (χ2v) is 7.20. The Hall–Kier alpha value is -0.990. The minimum Gasteiger partial charge on any atom is -0.413 e. The quantitative estimate of drug-likeness (QED) is 0.319. The Labute approximate surface area is 148 Å². The molecule has 0 aliphatic carbocycles. The molecule has 1 N–H and O–H groups in total. The van der Waals surface area contributed by atoms with Crippen LogP contribution in [0.1, 0.15) is 115 Å². The molecule has 3 nitrogen and oxygen atoms in total. The van der Waals surface area contributed by atoms with E-state index in [2.05, 4.69) is 11.9 Å². The Morgan fingerprint density at radius 1 is 0.708 bits per heavy atom. The summed E-state index contributed by atoms with van der Waals surface area (Å²) in [4.78, 5) is 13.4. The average molecular weight is 338 g/mol. The molecule has 0 saturated carbocycles. The Morgan fingerprint density at radius 2 is 1.12 bits per heavy atom. The van der Waals surface area contributed by atoms with Crippen LogP contribution in [0, 0.1) is 0 Å². The minimum atomic E-state index is -0.332. The molecule has 0 saturated heterocycles. The van der Waals surface area contributed by atoms with Crippen LogP contribution < -0.4 is 5.76 Å². The smallest absolute Gasteiger partial charge is 0.413 e. The lowest BCUT2D eigenvalue weighted by Gasteiger charge is -2.03. The molecule has 24 heavy (non-hydrogen) atoms. The third kappa shape index (κ3) is 12.4. The van der Waals surface area contributed by atoms with Crippen LogP contribution >= 0.6 is 0 Å². The van der Waals surface area contributed by atoms with Crippen molar-refractivity contribution < 1.29 is 4.42 Å². The van der Waals surface area contributed by atoms with Crippen LogP contribution in [0.25, 0.3) is 0 Å². The fourth-order valence-corrected chi connectivity index (χ4v) is 3.29. The SMILES string of the molecule is CCCCCCCCCCCCCCCCCCc1c[nH]c(=O)o1. The van der Waals surface area contributed by atoms with Gasteiger partial charge in [0.2, 0.25) is 0 Å². The van der Waals surface area contributed by atoms with E-state index in [1.54, 1.807) is 6.20 Å². The van der Waals surface area contributed by atoms with Gasteiger partial charge in [0.1, 0.15) is 5.76 Å². The zero-order valence-corrected chi connectivity index (χ0v) is 15.9. The van der Waals surface area contributed by atoms with Gasteiger partial charge in [0.25, 0.3) is 0 Å². The van der Waals surface area contributed by atoms with Crippen molar-refractivity contribution in [3.05, 3.63) is 22.5 Å². The molecule has 0 aliphatic rings. The molecule has 1 aromatic heterocycles. The molecule has 1 rings (SSSR count). The number of oxazole rings is 1. The van der Waals surface area contributed by atoms with Crippen LogP contribution in [0.2, 0.25) is 0 Å². The van der Waals surface area contributed by atoms with E-state index in [1.807, 2.05) is 0 Å². The molecule has 140 valence electrons. The number of unbranched alkanes of at least 4 members (excludes halogenated alkanes) is 15. The Morgan fingerprint density at radius 3 is 1.50 bits per heavy atom. The van der Waals surface area contributed by atoms with E-state index >= 15 is 0 Å². The van der Waals surface area contributed by atoms with Crippen molar-refractivity contribution in [3.63, 3.8) is 0 Å². The van der Waals surface area contributed by atoms with Crippen molar-refractivity contribution in [3.8, 4) is 0 Å². The number of nitrogens with one attached hydrogen (secondary N) is 1. The van der Waals surface area contributed by atoms with E-state index in [0.29, 0.717) is 0 Å². The van der Waals surface area contributed by atoms with Crippen LogP contribution in [-0.4, -0.2) is 4.98 Å². The predicted molar refractivity (Wildman–Crippen MR) is 103 cm³/mol. The lowest BCUT2D eigenvalue weighted by Crippen LogP contribution is -1.93. The van der Waals surface area contributed by atoms with Crippen molar-refractivity contribution in [2.24, 2.45) is 0 Å². The van der Waals surface area contributed by atoms with Gasteiger partial charge in [0, 0.05) is 12.6 Å². The van der Waals surface area contributed by atoms with E-state index in [-0.39, 0.29) is 5.76 Å². The standard InChI is InChI=1S/C21H39NO2/c1-2-3-4-5-6-7-8-9-10-11-12-13-14-15-16-17-18-20-19-22-21(23)24-20/h19H,2-18H2,1H3,(H,22,23). The highest BCUT2D eigenvalue weighted by atomic mass is 16.4. The third-order valence-electron chi connectivity index (χ3n) is 4.85. The van der Waals surface area contributed by atoms with Gasteiger partial charge in [-0.1, -0.05) is 103 Å². The molecule has 0 radical (unpaired) electrons. The zero-order valence-electron chi connectivity index (χ0n) is 15.9. The summed E-state index contributed by atoms with van der Waals surface area (Å²) in [5.74, 6) is 0.465. The van der Waals surface area contributed by atoms with Gasteiger partial charge in [-0.3, -0.25) is 4.98 Å². The summed E-state index contributed by atoms with van der Waals surface area (Å²) in [7, 11) is 0. The van der Waals surface area contributed by atoms with Crippen molar-refractivity contribution in [2.45, 2.75) is 116 Å². The number of hydrogen-bond donors (Lipinski definition) is 1. The Balaban J connectivity index is 1.71. The van der Waals surface area contributed by atoms with Crippen LogP contribution in [0.15, 0.2) is 15.4 Å². The number of aryl methyl sites for hydroxylation is 1. The molecule has 0 atom stereocenters. The van der Waals surface area contributed by atoms with Crippen LogP contribution in [0.3, 0.4) is 0 Å². The molecule has 0 amide bonds. The first-order valence-corrected chi connectivity index (χ1v) is 10.5. The van der Waals surface area contributed by atoms with Gasteiger partial charge in [-0.25, -0.2) is 4.79 Å². The molecular weight excluding hydrogens is 298 g/mol. The van der Waals surface area contributed by atoms with Crippen molar-refractivity contribution in [1.82, 2.24) is 4.98 Å². The minimum absolute atomic E-state index is 0.332. The summed E-state index contributed by atoms with van der Waals surface area (Å²) >= 11 is 0. The lowest BCUT2D eigenvalue weighted by atomic mass is 10.0. The zero-order chi connectivity index (χ0) is 17.3. The van der Waals surface area contributed by atoms with Gasteiger partial charge in [0.05, 0.1) is 0 Å². The molecule has 0 spiro atoms. The fraction of sp³-hybridized carbons (Fsp3) is 0.857. The number of rotatable bonds is 17. The maximum Gasteiger partial charge on any atom is 0.416 e. The van der Waals surface area contributed by atoms with Crippen LogP contribution in [-0.2, 0) is 6.42 Å². The van der Waals surface area contributed by atoms with E-state index in [9.17, 15) is 4.79 Å². The average Bonchev–Trinajstić information content (AvgIpc) is 3.00. The molecule has 3 heteroatoms. The Kier molecular flexibility index (Phi) is 13.6. The molecule has 1 aromatic rings. The first-order chi connectivity index (χ1) is 11.8. The number of aromatic nitrogens is 1. The maximum atomic E-state index is 10.8. The second-order valence-electron chi connectivity index (χ2n) is 7.20. The first-order valence-electron chi connectivity index (χ1n) is 10.5. The van der Waals surface area contributed by atoms with E-state index in [0.717, 1.165) is 18.6 Å². The maximum absolute atomic E-state index is 10.8. The van der Waals surface area contributed by atoms with Crippen molar-refractivity contribution >= 4 is 0 Å². The Bertz CT molecular complexity index is 421. The topological polar surface area (TPSA) is 46.0 Å². The lowest BCUT2D eigenvalue weighted by molar-refractivity contribution is 0.457. The summed E-state index contributed by atoms with van der Waals surface area (Å²) in [6.45, 7) is 2.28. The normalized spacial score (nSPS) is 11.2. The molecular formula is C21H39NO2. The largest absolute Gasteiger partial charge is 0.416 e. The van der Waals surface area contributed by atoms with Gasteiger partial charge >= 0.3 is 5.76 Å². The molecule has 0 unspecified atom stereocenters. The van der Waals surface area contributed by atoms with E-state index in [1.165, 1.54) is 96.3 Å². The summed E-state index contributed by atoms with van der Waals surface area (Å²) in [5, 5.41) is 0. The molecule has 1 heterocycles. The fourth-order valence-electron chi connectivity index (χ4n) is 3.29. The first kappa shape index (κ1) is 21.1. The molecule has 0 aromatic carbocycles. The van der Waals surface area contributed by atoms with Gasteiger partial charge in [-0.05, 0) is 6.42 Å². The van der Waals surface area contributed by atoms with Gasteiger partial charge < -0.3 is 4.42 Å². The monoisotopic (exact) mass is 337 g/mol. The third-order valence-corrected chi connectivity index (χ3v) is 4.85. The summed E-state index contributed by atoms with van der Waals surface area (Å²) in [5.41, 5.74) is 0. The van der Waals surface area contributed by atoms with Crippen LogP contribution in [0.4, 0.5) is 0 Å². The molecule has 0 aliphatic heterocycles. The molecule has 0 bridgehead atoms. The highest BCUT2D eigenvalue weighted by Crippen LogP contribution is 2.14. The van der Waals surface area contributed by atoms with E-state index in [4.69, 9.17) is 4.42 Å². The second kappa shape index (κ2) is 15.5. The molecule has 0 fully saturated rings. The van der Waals surface area contributed by atoms with Crippen molar-refractivity contribution in [2.75, 3.05) is 0 Å².